The van der Waals surface area contributed by atoms with E-state index in [4.69, 9.17) is 9.47 Å². The minimum atomic E-state index is -0.391. The Balaban J connectivity index is 1.46. The van der Waals surface area contributed by atoms with Gasteiger partial charge >= 0.3 is 0 Å². The van der Waals surface area contributed by atoms with Gasteiger partial charge in [-0.05, 0) is 30.4 Å². The number of benzene rings is 2. The quantitative estimate of drug-likeness (QED) is 0.665. The first-order chi connectivity index (χ1) is 13.3. The lowest BCUT2D eigenvalue weighted by molar-refractivity contribution is -0.00716. The molecule has 0 N–H and O–H groups in total. The second-order valence-electron chi connectivity index (χ2n) is 7.49. The molecule has 2 aliphatic rings. The zero-order valence-electron chi connectivity index (χ0n) is 15.6. The highest BCUT2D eigenvalue weighted by molar-refractivity contribution is 5.99. The van der Waals surface area contributed by atoms with E-state index in [0.29, 0.717) is 19.1 Å². The van der Waals surface area contributed by atoms with Crippen molar-refractivity contribution in [3.8, 4) is 0 Å². The Morgan fingerprint density at radius 1 is 0.926 bits per heavy atom. The minimum absolute atomic E-state index is 0.0983. The number of allylic oxidation sites excluding steroid dienone is 1. The lowest BCUT2D eigenvalue weighted by Gasteiger charge is -2.39. The number of ether oxygens (including phenoxy) is 2. The van der Waals surface area contributed by atoms with Crippen LogP contribution in [0.15, 0.2) is 72.5 Å². The second kappa shape index (κ2) is 8.53. The standard InChI is InChI=1S/C24H26O3/c25-23(19-11-5-2-6-12-19)24-22-14-8-7-13-20(22)15-21(27-24)17-26-16-18-9-3-1-4-10-18/h1-6,9-12,15,20,22,24H,7-8,13-14,16-17H2/t20-,22+,24+/m1/s1. The van der Waals surface area contributed by atoms with E-state index in [1.165, 1.54) is 12.8 Å². The van der Waals surface area contributed by atoms with Crippen molar-refractivity contribution in [3.05, 3.63) is 83.6 Å². The average Bonchev–Trinajstić information content (AvgIpc) is 2.74. The molecule has 3 heteroatoms. The Morgan fingerprint density at radius 2 is 1.63 bits per heavy atom. The molecule has 0 spiro atoms. The van der Waals surface area contributed by atoms with E-state index in [1.807, 2.05) is 48.5 Å². The number of fused-ring (bicyclic) bond motifs is 1. The van der Waals surface area contributed by atoms with Crippen molar-refractivity contribution in [2.24, 2.45) is 11.8 Å². The maximum atomic E-state index is 13.1. The predicted molar refractivity (Wildman–Crippen MR) is 105 cm³/mol. The topological polar surface area (TPSA) is 35.5 Å². The molecule has 27 heavy (non-hydrogen) atoms. The van der Waals surface area contributed by atoms with E-state index in [1.54, 1.807) is 0 Å². The van der Waals surface area contributed by atoms with Gasteiger partial charge < -0.3 is 9.47 Å². The molecule has 1 aliphatic heterocycles. The molecule has 1 saturated carbocycles. The number of hydrogen-bond acceptors (Lipinski definition) is 3. The molecule has 0 aromatic heterocycles. The van der Waals surface area contributed by atoms with Gasteiger partial charge in [0.25, 0.3) is 0 Å². The summed E-state index contributed by atoms with van der Waals surface area (Å²) in [5.41, 5.74) is 1.87. The fourth-order valence-corrected chi connectivity index (χ4v) is 4.24. The third-order valence-electron chi connectivity index (χ3n) is 5.61. The van der Waals surface area contributed by atoms with Crippen molar-refractivity contribution in [2.75, 3.05) is 6.61 Å². The van der Waals surface area contributed by atoms with Crippen LogP contribution in [0.2, 0.25) is 0 Å². The van der Waals surface area contributed by atoms with Gasteiger partial charge in [-0.3, -0.25) is 4.79 Å². The van der Waals surface area contributed by atoms with E-state index < -0.39 is 6.10 Å². The van der Waals surface area contributed by atoms with Gasteiger partial charge in [0.2, 0.25) is 5.78 Å². The average molecular weight is 362 g/mol. The molecule has 2 aromatic rings. The lowest BCUT2D eigenvalue weighted by Crippen LogP contribution is -2.41. The van der Waals surface area contributed by atoms with Gasteiger partial charge in [0.1, 0.15) is 12.4 Å². The zero-order chi connectivity index (χ0) is 18.5. The van der Waals surface area contributed by atoms with Crippen molar-refractivity contribution in [1.82, 2.24) is 0 Å². The molecule has 0 radical (unpaired) electrons. The molecule has 2 aromatic carbocycles. The summed E-state index contributed by atoms with van der Waals surface area (Å²) in [7, 11) is 0. The SMILES string of the molecule is O=C(c1ccccc1)[C@H]1OC(COCc2ccccc2)=C[C@H]2CCCC[C@H]12. The van der Waals surface area contributed by atoms with Crippen molar-refractivity contribution < 1.29 is 14.3 Å². The molecule has 0 saturated heterocycles. The van der Waals surface area contributed by atoms with Crippen LogP contribution in [0.1, 0.15) is 41.6 Å². The highest BCUT2D eigenvalue weighted by Crippen LogP contribution is 2.40. The molecular weight excluding hydrogens is 336 g/mol. The summed E-state index contributed by atoms with van der Waals surface area (Å²) < 4.78 is 12.1. The molecule has 0 unspecified atom stereocenters. The number of Topliss-reactive ketones (excluding diaryl/α,β-unsaturated/α-hetero) is 1. The van der Waals surface area contributed by atoms with Crippen LogP contribution in [-0.4, -0.2) is 18.5 Å². The number of hydrogen-bond donors (Lipinski definition) is 0. The highest BCUT2D eigenvalue weighted by Gasteiger charge is 2.40. The maximum Gasteiger partial charge on any atom is 0.203 e. The Labute approximate surface area is 161 Å². The zero-order valence-corrected chi connectivity index (χ0v) is 15.6. The predicted octanol–water partition coefficient (Wildman–Crippen LogP) is 5.18. The van der Waals surface area contributed by atoms with Crippen molar-refractivity contribution in [3.63, 3.8) is 0 Å². The maximum absolute atomic E-state index is 13.1. The van der Waals surface area contributed by atoms with Gasteiger partial charge in [-0.2, -0.15) is 0 Å². The summed E-state index contributed by atoms with van der Waals surface area (Å²) in [6.45, 7) is 0.962. The molecule has 1 fully saturated rings. The van der Waals surface area contributed by atoms with Crippen LogP contribution < -0.4 is 0 Å². The van der Waals surface area contributed by atoms with Crippen molar-refractivity contribution >= 4 is 5.78 Å². The molecule has 0 amide bonds. The van der Waals surface area contributed by atoms with Crippen molar-refractivity contribution in [1.29, 1.82) is 0 Å². The monoisotopic (exact) mass is 362 g/mol. The Bertz CT molecular complexity index is 782. The fraction of sp³-hybridized carbons (Fsp3) is 0.375. The van der Waals surface area contributed by atoms with E-state index in [-0.39, 0.29) is 11.7 Å². The van der Waals surface area contributed by atoms with Crippen LogP contribution in [0.4, 0.5) is 0 Å². The number of rotatable bonds is 6. The smallest absolute Gasteiger partial charge is 0.203 e. The third kappa shape index (κ3) is 4.30. The van der Waals surface area contributed by atoms with Crippen molar-refractivity contribution in [2.45, 2.75) is 38.4 Å². The first-order valence-electron chi connectivity index (χ1n) is 9.89. The van der Waals surface area contributed by atoms with E-state index in [0.717, 1.165) is 29.7 Å². The number of ketones is 1. The summed E-state index contributed by atoms with van der Waals surface area (Å²) in [6, 6.07) is 19.6. The molecule has 3 nitrogen and oxygen atoms in total. The van der Waals surface area contributed by atoms with Gasteiger partial charge in [0, 0.05) is 11.5 Å². The third-order valence-corrected chi connectivity index (χ3v) is 5.61. The highest BCUT2D eigenvalue weighted by atomic mass is 16.5. The molecule has 3 atom stereocenters. The Morgan fingerprint density at radius 3 is 2.41 bits per heavy atom. The molecule has 1 aliphatic carbocycles. The Kier molecular flexibility index (Phi) is 5.69. The second-order valence-corrected chi connectivity index (χ2v) is 7.49. The van der Waals surface area contributed by atoms with Gasteiger partial charge in [0.15, 0.2) is 6.10 Å². The summed E-state index contributed by atoms with van der Waals surface area (Å²) in [5.74, 6) is 1.61. The van der Waals surface area contributed by atoms with Crippen LogP contribution in [0, 0.1) is 11.8 Å². The molecule has 4 rings (SSSR count). The largest absolute Gasteiger partial charge is 0.484 e. The normalized spacial score (nSPS) is 24.4. The molecule has 140 valence electrons. The fourth-order valence-electron chi connectivity index (χ4n) is 4.24. The summed E-state index contributed by atoms with van der Waals surface area (Å²) in [4.78, 5) is 13.1. The first kappa shape index (κ1) is 18.0. The summed E-state index contributed by atoms with van der Waals surface area (Å²) in [6.07, 6.45) is 6.41. The van der Waals surface area contributed by atoms with Gasteiger partial charge in [-0.15, -0.1) is 0 Å². The van der Waals surface area contributed by atoms with E-state index in [2.05, 4.69) is 18.2 Å². The van der Waals surface area contributed by atoms with Crippen LogP contribution in [-0.2, 0) is 16.1 Å². The number of carbonyl (C=O) groups excluding carboxylic acids is 1. The van der Waals surface area contributed by atoms with Crippen LogP contribution >= 0.6 is 0 Å². The molecular formula is C24H26O3. The van der Waals surface area contributed by atoms with Gasteiger partial charge in [-0.1, -0.05) is 73.5 Å². The van der Waals surface area contributed by atoms with E-state index in [9.17, 15) is 4.79 Å². The number of carbonyl (C=O) groups is 1. The summed E-state index contributed by atoms with van der Waals surface area (Å²) >= 11 is 0. The van der Waals surface area contributed by atoms with Crippen LogP contribution in [0.5, 0.6) is 0 Å². The molecule has 1 heterocycles. The lowest BCUT2D eigenvalue weighted by atomic mass is 9.73. The molecule has 0 bridgehead atoms. The first-order valence-corrected chi connectivity index (χ1v) is 9.89. The van der Waals surface area contributed by atoms with E-state index >= 15 is 0 Å². The Hall–Kier alpha value is -2.39. The summed E-state index contributed by atoms with van der Waals surface area (Å²) in [5, 5.41) is 0. The van der Waals surface area contributed by atoms with Crippen LogP contribution in [0.3, 0.4) is 0 Å². The van der Waals surface area contributed by atoms with Gasteiger partial charge in [-0.25, -0.2) is 0 Å². The van der Waals surface area contributed by atoms with Crippen LogP contribution in [0.25, 0.3) is 0 Å². The minimum Gasteiger partial charge on any atom is -0.484 e. The van der Waals surface area contributed by atoms with Gasteiger partial charge in [0.05, 0.1) is 6.61 Å².